The van der Waals surface area contributed by atoms with Crippen LogP contribution in [0.15, 0.2) is 41.9 Å². The molecule has 0 saturated heterocycles. The lowest BCUT2D eigenvalue weighted by Crippen LogP contribution is -2.31. The lowest BCUT2D eigenvalue weighted by Gasteiger charge is -2.00. The van der Waals surface area contributed by atoms with Crippen molar-refractivity contribution in [1.82, 2.24) is 0 Å². The standard InChI is InChI=1S/C16H13NOS2/c18-13-12-7-4-8-17-9-10-19-16(17)15(12)20-14(13)11-5-2-1-3-6-11/h1-3,5-6,9-10H,4,7-8H2/p+1. The summed E-state index contributed by atoms with van der Waals surface area (Å²) in [5.41, 5.74) is 2.23. The minimum Gasteiger partial charge on any atom is -0.506 e. The van der Waals surface area contributed by atoms with E-state index in [2.05, 4.69) is 28.3 Å². The van der Waals surface area contributed by atoms with Gasteiger partial charge in [-0.15, -0.1) is 11.3 Å². The van der Waals surface area contributed by atoms with Crippen molar-refractivity contribution in [3.63, 3.8) is 0 Å². The largest absolute Gasteiger partial charge is 0.506 e. The van der Waals surface area contributed by atoms with Gasteiger partial charge in [-0.3, -0.25) is 0 Å². The van der Waals surface area contributed by atoms with Crippen LogP contribution in [0.5, 0.6) is 5.75 Å². The van der Waals surface area contributed by atoms with Crippen molar-refractivity contribution in [3.05, 3.63) is 47.5 Å². The van der Waals surface area contributed by atoms with E-state index in [1.54, 1.807) is 22.7 Å². The van der Waals surface area contributed by atoms with Crippen LogP contribution in [0.25, 0.3) is 20.3 Å². The van der Waals surface area contributed by atoms with E-state index in [4.69, 9.17) is 0 Å². The normalized spacial score (nSPS) is 13.6. The Kier molecular flexibility index (Phi) is 2.86. The van der Waals surface area contributed by atoms with Crippen LogP contribution in [-0.2, 0) is 13.0 Å². The first-order chi connectivity index (χ1) is 9.84. The van der Waals surface area contributed by atoms with Gasteiger partial charge in [-0.1, -0.05) is 41.7 Å². The van der Waals surface area contributed by atoms with Crippen LogP contribution in [0.2, 0.25) is 0 Å². The zero-order chi connectivity index (χ0) is 13.5. The SMILES string of the molecule is Oc1c(-c2ccccc2)sc2c1CCC[n+]1ccsc1-2. The molecule has 2 aromatic heterocycles. The van der Waals surface area contributed by atoms with Gasteiger partial charge >= 0.3 is 0 Å². The van der Waals surface area contributed by atoms with Crippen molar-refractivity contribution >= 4 is 22.7 Å². The number of hydrogen-bond donors (Lipinski definition) is 1. The Balaban J connectivity index is 1.94. The van der Waals surface area contributed by atoms with Crippen LogP contribution in [0.3, 0.4) is 0 Å². The van der Waals surface area contributed by atoms with Crippen LogP contribution >= 0.6 is 22.7 Å². The highest BCUT2D eigenvalue weighted by atomic mass is 32.1. The Morgan fingerprint density at radius 2 is 1.95 bits per heavy atom. The van der Waals surface area contributed by atoms with Gasteiger partial charge < -0.3 is 5.11 Å². The van der Waals surface area contributed by atoms with Gasteiger partial charge in [-0.2, -0.15) is 4.57 Å². The van der Waals surface area contributed by atoms with Gasteiger partial charge in [0.25, 0.3) is 5.01 Å². The Bertz CT molecular complexity index is 758. The third kappa shape index (κ3) is 1.79. The Morgan fingerprint density at radius 1 is 1.10 bits per heavy atom. The van der Waals surface area contributed by atoms with Gasteiger partial charge in [0.2, 0.25) is 0 Å². The molecule has 1 aliphatic heterocycles. The molecule has 3 aromatic rings. The first-order valence-electron chi connectivity index (χ1n) is 6.72. The van der Waals surface area contributed by atoms with E-state index in [1.807, 2.05) is 18.2 Å². The Morgan fingerprint density at radius 3 is 2.80 bits per heavy atom. The molecule has 0 fully saturated rings. The third-order valence-electron chi connectivity index (χ3n) is 3.72. The molecule has 0 atom stereocenters. The molecule has 0 saturated carbocycles. The van der Waals surface area contributed by atoms with Crippen LogP contribution in [-0.4, -0.2) is 5.11 Å². The van der Waals surface area contributed by atoms with Crippen molar-refractivity contribution in [2.45, 2.75) is 19.4 Å². The van der Waals surface area contributed by atoms with Gasteiger partial charge in [0.1, 0.15) is 17.2 Å². The molecule has 1 aromatic carbocycles. The van der Waals surface area contributed by atoms with Crippen molar-refractivity contribution in [2.75, 3.05) is 0 Å². The summed E-state index contributed by atoms with van der Waals surface area (Å²) in [4.78, 5) is 2.24. The second-order valence-corrected chi connectivity index (χ2v) is 6.87. The zero-order valence-electron chi connectivity index (χ0n) is 10.9. The summed E-state index contributed by atoms with van der Waals surface area (Å²) in [5.74, 6) is 0.484. The lowest BCUT2D eigenvalue weighted by molar-refractivity contribution is -0.681. The van der Waals surface area contributed by atoms with E-state index in [1.165, 1.54) is 9.88 Å². The van der Waals surface area contributed by atoms with Gasteiger partial charge in [0.05, 0.1) is 10.3 Å². The molecule has 0 radical (unpaired) electrons. The smallest absolute Gasteiger partial charge is 0.279 e. The molecular formula is C16H14NOS2+. The second kappa shape index (κ2) is 4.72. The summed E-state index contributed by atoms with van der Waals surface area (Å²) in [5, 5.41) is 14.0. The molecule has 1 N–H and O–H groups in total. The zero-order valence-corrected chi connectivity index (χ0v) is 12.5. The molecule has 20 heavy (non-hydrogen) atoms. The highest BCUT2D eigenvalue weighted by Crippen LogP contribution is 2.47. The predicted molar refractivity (Wildman–Crippen MR) is 83.2 cm³/mol. The summed E-state index contributed by atoms with van der Waals surface area (Å²) in [6, 6.07) is 10.2. The maximum Gasteiger partial charge on any atom is 0.279 e. The van der Waals surface area contributed by atoms with Crippen molar-refractivity contribution in [2.24, 2.45) is 0 Å². The van der Waals surface area contributed by atoms with Gasteiger partial charge in [-0.05, 0) is 12.0 Å². The number of benzene rings is 1. The van der Waals surface area contributed by atoms with Crippen LogP contribution < -0.4 is 4.57 Å². The molecule has 0 spiro atoms. The molecule has 0 bridgehead atoms. The fourth-order valence-corrected chi connectivity index (χ4v) is 5.06. The van der Waals surface area contributed by atoms with Gasteiger partial charge in [0.15, 0.2) is 6.20 Å². The first kappa shape index (κ1) is 12.1. The Hall–Kier alpha value is -1.65. The van der Waals surface area contributed by atoms with E-state index >= 15 is 0 Å². The molecule has 2 nitrogen and oxygen atoms in total. The Labute approximate surface area is 125 Å². The van der Waals surface area contributed by atoms with Crippen LogP contribution in [0.1, 0.15) is 12.0 Å². The van der Waals surface area contributed by atoms with Gasteiger partial charge in [0, 0.05) is 12.0 Å². The summed E-state index contributed by atoms with van der Waals surface area (Å²) in [6.07, 6.45) is 4.19. The predicted octanol–water partition coefficient (Wildman–Crippen LogP) is 4.08. The van der Waals surface area contributed by atoms with Crippen molar-refractivity contribution < 1.29 is 9.67 Å². The van der Waals surface area contributed by atoms with Crippen LogP contribution in [0.4, 0.5) is 0 Å². The number of thiazole rings is 1. The molecule has 4 heteroatoms. The highest BCUT2D eigenvalue weighted by molar-refractivity contribution is 7.23. The van der Waals surface area contributed by atoms with Gasteiger partial charge in [-0.25, -0.2) is 0 Å². The molecule has 3 heterocycles. The lowest BCUT2D eigenvalue weighted by atomic mass is 10.1. The fraction of sp³-hybridized carbons (Fsp3) is 0.188. The average Bonchev–Trinajstić information content (AvgIpc) is 3.02. The number of aryl methyl sites for hydroxylation is 1. The number of hydrogen-bond acceptors (Lipinski definition) is 3. The maximum absolute atomic E-state index is 10.6. The fourth-order valence-electron chi connectivity index (χ4n) is 2.74. The summed E-state index contributed by atoms with van der Waals surface area (Å²) in [6.45, 7) is 1.04. The van der Waals surface area contributed by atoms with Crippen molar-refractivity contribution in [3.8, 4) is 26.1 Å². The van der Waals surface area contributed by atoms with Crippen molar-refractivity contribution in [1.29, 1.82) is 0 Å². The molecule has 100 valence electrons. The van der Waals surface area contributed by atoms with E-state index < -0.39 is 0 Å². The molecular weight excluding hydrogens is 286 g/mol. The van der Waals surface area contributed by atoms with E-state index in [0.717, 1.165) is 35.4 Å². The summed E-state index contributed by atoms with van der Waals surface area (Å²) >= 11 is 3.48. The van der Waals surface area contributed by atoms with E-state index in [-0.39, 0.29) is 0 Å². The molecule has 0 aliphatic carbocycles. The topological polar surface area (TPSA) is 24.1 Å². The molecule has 1 aliphatic rings. The van der Waals surface area contributed by atoms with E-state index in [9.17, 15) is 5.11 Å². The van der Waals surface area contributed by atoms with Crippen LogP contribution in [0, 0.1) is 0 Å². The summed E-state index contributed by atoms with van der Waals surface area (Å²) in [7, 11) is 0. The molecule has 4 rings (SSSR count). The molecule has 0 unspecified atom stereocenters. The number of rotatable bonds is 1. The first-order valence-corrected chi connectivity index (χ1v) is 8.41. The monoisotopic (exact) mass is 300 g/mol. The number of thiophene rings is 1. The quantitative estimate of drug-likeness (QED) is 0.673. The molecule has 0 amide bonds. The number of nitrogens with zero attached hydrogens (tertiary/aromatic N) is 1. The number of aromatic nitrogens is 1. The number of fused-ring (bicyclic) bond motifs is 3. The highest BCUT2D eigenvalue weighted by Gasteiger charge is 2.29. The second-order valence-electron chi connectivity index (χ2n) is 4.96. The van der Waals surface area contributed by atoms with E-state index in [0.29, 0.717) is 5.75 Å². The third-order valence-corrected chi connectivity index (χ3v) is 6.04. The maximum atomic E-state index is 10.6. The summed E-state index contributed by atoms with van der Waals surface area (Å²) < 4.78 is 2.31. The minimum atomic E-state index is 0.484. The number of aromatic hydroxyl groups is 1. The minimum absolute atomic E-state index is 0.484. The average molecular weight is 300 g/mol.